The smallest absolute Gasteiger partial charge is 0.245 e. The summed E-state index contributed by atoms with van der Waals surface area (Å²) in [5, 5.41) is 38.0. The van der Waals surface area contributed by atoms with Gasteiger partial charge in [-0.3, -0.25) is 24.0 Å². The maximum absolute atomic E-state index is 14.5. The Morgan fingerprint density at radius 3 is 2.24 bits per heavy atom. The van der Waals surface area contributed by atoms with Crippen LogP contribution < -0.4 is 47.9 Å². The van der Waals surface area contributed by atoms with Crippen LogP contribution in [-0.2, 0) is 36.8 Å². The second-order valence-electron chi connectivity index (χ2n) is 14.9. The molecule has 4 bridgehead atoms. The maximum Gasteiger partial charge on any atom is 0.245 e. The molecule has 58 heavy (non-hydrogen) atoms. The third-order valence-electron chi connectivity index (χ3n) is 10.6. The van der Waals surface area contributed by atoms with Crippen LogP contribution in [0.1, 0.15) is 56.1 Å². The van der Waals surface area contributed by atoms with Crippen LogP contribution >= 0.6 is 0 Å². The van der Waals surface area contributed by atoms with Crippen LogP contribution in [0, 0.1) is 0 Å². The van der Waals surface area contributed by atoms with Crippen molar-refractivity contribution in [1.29, 1.82) is 0 Å². The maximum atomic E-state index is 14.5. The van der Waals surface area contributed by atoms with Gasteiger partial charge in [-0.1, -0.05) is 30.3 Å². The zero-order chi connectivity index (χ0) is 42.5. The third kappa shape index (κ3) is 15.3. The number of rotatable bonds is 22. The molecule has 16 nitrogen and oxygen atoms in total. The number of benzene rings is 2. The van der Waals surface area contributed by atoms with E-state index in [0.717, 1.165) is 16.7 Å². The minimum absolute atomic E-state index is 0.0438. The topological polar surface area (TPSA) is 217 Å². The van der Waals surface area contributed by atoms with Crippen molar-refractivity contribution in [2.45, 2.75) is 88.0 Å². The van der Waals surface area contributed by atoms with E-state index in [-0.39, 0.29) is 36.4 Å². The van der Waals surface area contributed by atoms with Crippen LogP contribution in [0.25, 0.3) is 11.1 Å². The van der Waals surface area contributed by atoms with E-state index in [0.29, 0.717) is 83.2 Å². The molecule has 0 saturated carbocycles. The Bertz CT molecular complexity index is 1630. The summed E-state index contributed by atoms with van der Waals surface area (Å²) in [7, 11) is 10.5. The molecular formula is C42H68N10O6. The number of carbonyl (C=O) groups is 5. The number of likely N-dealkylation sites (N-methyl/N-ethyl adjacent to an activating group) is 3. The number of nitrogens with zero attached hydrogens (tertiary/aromatic N) is 1. The van der Waals surface area contributed by atoms with Gasteiger partial charge in [0.2, 0.25) is 29.5 Å². The minimum Gasteiger partial charge on any atom is -0.508 e. The lowest BCUT2D eigenvalue weighted by Crippen LogP contribution is -2.59. The lowest BCUT2D eigenvalue weighted by molar-refractivity contribution is -0.143. The van der Waals surface area contributed by atoms with Crippen LogP contribution in [0.4, 0.5) is 0 Å². The fourth-order valence-corrected chi connectivity index (χ4v) is 7.07. The largest absolute Gasteiger partial charge is 0.508 e. The number of aromatic hydroxyl groups is 1. The Balaban J connectivity index is 1.90. The predicted octanol–water partition coefficient (Wildman–Crippen LogP) is -0.248. The molecule has 1 aliphatic rings. The summed E-state index contributed by atoms with van der Waals surface area (Å²) in [5.74, 6) is -1.64. The number of hydrogen-bond donors (Lipinski definition) is 10. The van der Waals surface area contributed by atoms with Crippen molar-refractivity contribution in [3.05, 3.63) is 53.6 Å². The molecule has 0 spiro atoms. The summed E-state index contributed by atoms with van der Waals surface area (Å²) in [6.07, 6.45) is 3.80. The van der Waals surface area contributed by atoms with Crippen molar-refractivity contribution in [3.8, 4) is 16.9 Å². The first-order chi connectivity index (χ1) is 27.9. The predicted molar refractivity (Wildman–Crippen MR) is 227 cm³/mol. The van der Waals surface area contributed by atoms with Gasteiger partial charge in [0, 0.05) is 52.0 Å². The Kier molecular flexibility index (Phi) is 21.2. The standard InChI is InChI=1S/C42H68N10O6/c1-43-18-9-14-33(39(55)49-20-8-13-32(46-4)27-38(54)48-22-21-45-3)50-41(57)36-24-28-11-7-12-29(23-28)30-16-17-37(53)31(25-30)26-35(47-5)40(56)51-34(15-10-19-44-2)42(58)52(36)6/h7,11-12,16-17,23,25,32-36,43-47,53H,8-10,13-15,18-22,24,26-27H2,1-6H3,(H,48,54)(H,49,55)(H,50,57)(H,51,56)/t32-,33-,34-,35-,36-/m0/s1. The van der Waals surface area contributed by atoms with Crippen molar-refractivity contribution < 1.29 is 29.1 Å². The Morgan fingerprint density at radius 1 is 0.828 bits per heavy atom. The zero-order valence-corrected chi connectivity index (χ0v) is 35.3. The van der Waals surface area contributed by atoms with E-state index < -0.39 is 41.9 Å². The first kappa shape index (κ1) is 47.8. The molecule has 16 heteroatoms. The molecule has 0 fully saturated rings. The van der Waals surface area contributed by atoms with Gasteiger partial charge in [0.05, 0.1) is 6.04 Å². The van der Waals surface area contributed by atoms with E-state index in [2.05, 4.69) is 47.9 Å². The summed E-state index contributed by atoms with van der Waals surface area (Å²) in [6, 6.07) is 9.29. The molecule has 1 aliphatic heterocycles. The summed E-state index contributed by atoms with van der Waals surface area (Å²) in [6.45, 7) is 2.83. The van der Waals surface area contributed by atoms with Gasteiger partial charge in [-0.25, -0.2) is 0 Å². The SMILES string of the molecule is CNCCC[C@H](NC(=O)[C@@H]1Cc2cccc(c2)-c2ccc(O)c(c2)C[C@H](NC)C(=O)N[C@@H](CCCNC)C(=O)N1C)C(=O)NCCC[C@@H](CC(=O)NCCNC)NC. The molecule has 322 valence electrons. The third-order valence-corrected chi connectivity index (χ3v) is 10.6. The van der Waals surface area contributed by atoms with Gasteiger partial charge < -0.3 is 57.9 Å². The molecule has 5 amide bonds. The summed E-state index contributed by atoms with van der Waals surface area (Å²) >= 11 is 0. The van der Waals surface area contributed by atoms with E-state index >= 15 is 0 Å². The molecule has 0 radical (unpaired) electrons. The Morgan fingerprint density at radius 2 is 1.53 bits per heavy atom. The van der Waals surface area contributed by atoms with Crippen LogP contribution in [0.15, 0.2) is 42.5 Å². The fourth-order valence-electron chi connectivity index (χ4n) is 7.07. The second kappa shape index (κ2) is 25.7. The number of phenolic OH excluding ortho intramolecular Hbond substituents is 1. The van der Waals surface area contributed by atoms with Gasteiger partial charge in [-0.2, -0.15) is 0 Å². The lowest BCUT2D eigenvalue weighted by Gasteiger charge is -2.32. The molecule has 2 aromatic rings. The van der Waals surface area contributed by atoms with Gasteiger partial charge in [-0.15, -0.1) is 0 Å². The van der Waals surface area contributed by atoms with Gasteiger partial charge in [0.15, 0.2) is 0 Å². The molecule has 0 saturated heterocycles. The average Bonchev–Trinajstić information content (AvgIpc) is 3.22. The molecular weight excluding hydrogens is 741 g/mol. The molecule has 10 N–H and O–H groups in total. The zero-order valence-electron chi connectivity index (χ0n) is 35.3. The van der Waals surface area contributed by atoms with Gasteiger partial charge >= 0.3 is 0 Å². The van der Waals surface area contributed by atoms with Crippen molar-refractivity contribution in [3.63, 3.8) is 0 Å². The number of nitrogens with one attached hydrogen (secondary N) is 9. The van der Waals surface area contributed by atoms with Crippen molar-refractivity contribution in [1.82, 2.24) is 52.8 Å². The van der Waals surface area contributed by atoms with Crippen LogP contribution in [-0.4, -0.2) is 145 Å². The summed E-state index contributed by atoms with van der Waals surface area (Å²) < 4.78 is 0. The van der Waals surface area contributed by atoms with E-state index in [4.69, 9.17) is 0 Å². The normalized spacial score (nSPS) is 18.3. The number of amides is 5. The fraction of sp³-hybridized carbons (Fsp3) is 0.595. The van der Waals surface area contributed by atoms with Crippen molar-refractivity contribution >= 4 is 29.5 Å². The Labute approximate surface area is 344 Å². The molecule has 0 aliphatic carbocycles. The van der Waals surface area contributed by atoms with Gasteiger partial charge in [0.25, 0.3) is 0 Å². The second-order valence-corrected chi connectivity index (χ2v) is 14.9. The summed E-state index contributed by atoms with van der Waals surface area (Å²) in [5.41, 5.74) is 3.03. The number of hydrogen-bond acceptors (Lipinski definition) is 11. The minimum atomic E-state index is -1.03. The van der Waals surface area contributed by atoms with Crippen LogP contribution in [0.5, 0.6) is 5.75 Å². The van der Waals surface area contributed by atoms with Crippen molar-refractivity contribution in [2.24, 2.45) is 0 Å². The highest BCUT2D eigenvalue weighted by molar-refractivity contribution is 5.95. The quantitative estimate of drug-likeness (QED) is 0.0701. The van der Waals surface area contributed by atoms with Gasteiger partial charge in [-0.05, 0) is 121 Å². The monoisotopic (exact) mass is 809 g/mol. The van der Waals surface area contributed by atoms with Gasteiger partial charge in [0.1, 0.15) is 23.9 Å². The number of carbonyl (C=O) groups excluding carboxylic acids is 5. The molecule has 0 unspecified atom stereocenters. The molecule has 0 aromatic heterocycles. The highest BCUT2D eigenvalue weighted by atomic mass is 16.3. The first-order valence-corrected chi connectivity index (χ1v) is 20.6. The molecule has 3 rings (SSSR count). The van der Waals surface area contributed by atoms with Crippen LogP contribution in [0.3, 0.4) is 0 Å². The van der Waals surface area contributed by atoms with Crippen LogP contribution in [0.2, 0.25) is 0 Å². The molecule has 1 heterocycles. The summed E-state index contributed by atoms with van der Waals surface area (Å²) in [4.78, 5) is 70.1. The highest BCUT2D eigenvalue weighted by Gasteiger charge is 2.35. The number of fused-ring (bicyclic) bond motifs is 5. The molecule has 5 atom stereocenters. The highest BCUT2D eigenvalue weighted by Crippen LogP contribution is 2.28. The van der Waals surface area contributed by atoms with E-state index in [1.165, 1.54) is 4.90 Å². The number of phenols is 1. The van der Waals surface area contributed by atoms with E-state index in [9.17, 15) is 29.1 Å². The van der Waals surface area contributed by atoms with E-state index in [1.54, 1.807) is 26.2 Å². The Hall–Kier alpha value is -4.61. The molecule has 2 aromatic carbocycles. The first-order valence-electron chi connectivity index (χ1n) is 20.6. The van der Waals surface area contributed by atoms with E-state index in [1.807, 2.05) is 58.5 Å². The lowest BCUT2D eigenvalue weighted by atomic mass is 9.95. The average molecular weight is 809 g/mol. The van der Waals surface area contributed by atoms with Crippen molar-refractivity contribution in [2.75, 3.05) is 75.0 Å².